The molecule has 3 heterocycles. The summed E-state index contributed by atoms with van der Waals surface area (Å²) in [5.41, 5.74) is 2.21. The number of nitrogens with zero attached hydrogens (tertiary/aromatic N) is 6. The molecule has 1 amide bonds. The number of methoxy groups -OCH3 is 1. The van der Waals surface area contributed by atoms with Gasteiger partial charge >= 0.3 is 12.1 Å². The lowest BCUT2D eigenvalue weighted by Gasteiger charge is -2.42. The van der Waals surface area contributed by atoms with Crippen LogP contribution in [0.2, 0.25) is 0 Å². The Morgan fingerprint density at radius 1 is 1.16 bits per heavy atom. The van der Waals surface area contributed by atoms with E-state index in [9.17, 15) is 10.1 Å². The highest BCUT2D eigenvalue weighted by molar-refractivity contribution is 5.87. The van der Waals surface area contributed by atoms with E-state index in [1.54, 1.807) is 17.0 Å². The van der Waals surface area contributed by atoms with Gasteiger partial charge in [0, 0.05) is 31.2 Å². The van der Waals surface area contributed by atoms with Gasteiger partial charge in [0.25, 0.3) is 0 Å². The number of likely N-dealkylation sites (tertiary alicyclic amines) is 1. The summed E-state index contributed by atoms with van der Waals surface area (Å²) < 4.78 is 32.4. The third-order valence-electron chi connectivity index (χ3n) is 8.28. The first-order chi connectivity index (χ1) is 20.6. The molecule has 43 heavy (non-hydrogen) atoms. The number of hydrogen-bond acceptors (Lipinski definition) is 9. The third kappa shape index (κ3) is 6.85. The highest BCUT2D eigenvalue weighted by Crippen LogP contribution is 2.39. The molecule has 0 N–H and O–H groups in total. The Kier molecular flexibility index (Phi) is 9.06. The molecule has 1 aliphatic carbocycles. The highest BCUT2D eigenvalue weighted by atomic mass is 19.1. The monoisotopic (exact) mass is 592 g/mol. The number of nitriles is 1. The molecule has 10 nitrogen and oxygen atoms in total. The molecular weight excluding hydrogens is 551 g/mol. The number of piperazine rings is 1. The van der Waals surface area contributed by atoms with Crippen molar-refractivity contribution in [3.8, 4) is 17.8 Å². The van der Waals surface area contributed by atoms with E-state index < -0.39 is 11.7 Å². The van der Waals surface area contributed by atoms with Gasteiger partial charge in [0.05, 0.1) is 36.9 Å². The normalized spacial score (nSPS) is 20.7. The average molecular weight is 593 g/mol. The Bertz CT molecular complexity index is 1420. The number of anilines is 1. The average Bonchev–Trinajstić information content (AvgIpc) is 3.38. The standard InChI is InChI=1S/C32H41FN6O4/c1-32(2,3)43-31(40)39-17-16-38(19-22(39)13-14-34)29-24-12-11-21(28-25(33)9-6-10-27(28)41-5)18-26(24)35-30(36-29)42-20-23-8-7-15-37(23)4/h6,9-10,18,22-23H,7-8,11-13,15-17,19-20H2,1-5H3/t22-,23-/m0/s1. The SMILES string of the molecule is COc1cccc(F)c1C1=Cc2nc(OC[C@@H]3CCCN3C)nc(N3CCN(C(=O)OC(C)(C)C)[C@@H](CC#N)C3)c2CC1. The molecule has 0 saturated carbocycles. The zero-order valence-electron chi connectivity index (χ0n) is 25.7. The number of amides is 1. The van der Waals surface area contributed by atoms with Crippen LogP contribution in [-0.4, -0.2) is 90.5 Å². The summed E-state index contributed by atoms with van der Waals surface area (Å²) in [6.07, 6.45) is 4.99. The first-order valence-corrected chi connectivity index (χ1v) is 15.0. The molecule has 0 unspecified atom stereocenters. The van der Waals surface area contributed by atoms with Crippen LogP contribution in [0.5, 0.6) is 11.8 Å². The summed E-state index contributed by atoms with van der Waals surface area (Å²) in [5.74, 6) is 0.853. The van der Waals surface area contributed by atoms with Crippen molar-refractivity contribution in [1.29, 1.82) is 5.26 Å². The molecule has 1 aromatic heterocycles. The van der Waals surface area contributed by atoms with Crippen LogP contribution in [0.25, 0.3) is 11.6 Å². The lowest BCUT2D eigenvalue weighted by molar-refractivity contribution is 0.0144. The van der Waals surface area contributed by atoms with Crippen LogP contribution in [0.15, 0.2) is 18.2 Å². The van der Waals surface area contributed by atoms with Gasteiger partial charge in [0.15, 0.2) is 0 Å². The van der Waals surface area contributed by atoms with Crippen LogP contribution >= 0.6 is 0 Å². The van der Waals surface area contributed by atoms with Gasteiger partial charge in [-0.25, -0.2) is 9.18 Å². The van der Waals surface area contributed by atoms with Crippen molar-refractivity contribution >= 4 is 23.6 Å². The number of aromatic nitrogens is 2. The zero-order chi connectivity index (χ0) is 30.7. The summed E-state index contributed by atoms with van der Waals surface area (Å²) in [7, 11) is 3.63. The van der Waals surface area contributed by atoms with Crippen molar-refractivity contribution in [3.63, 3.8) is 0 Å². The molecule has 2 aliphatic heterocycles. The molecule has 3 aliphatic rings. The van der Waals surface area contributed by atoms with Crippen molar-refractivity contribution in [2.45, 2.75) is 70.6 Å². The predicted molar refractivity (Wildman–Crippen MR) is 161 cm³/mol. The highest BCUT2D eigenvalue weighted by Gasteiger charge is 2.36. The van der Waals surface area contributed by atoms with Gasteiger partial charge in [-0.2, -0.15) is 15.2 Å². The second kappa shape index (κ2) is 12.8. The predicted octanol–water partition coefficient (Wildman–Crippen LogP) is 4.92. The maximum absolute atomic E-state index is 15.0. The van der Waals surface area contributed by atoms with Crippen LogP contribution in [0.4, 0.5) is 15.0 Å². The fourth-order valence-corrected chi connectivity index (χ4v) is 6.08. The summed E-state index contributed by atoms with van der Waals surface area (Å²) in [4.78, 5) is 28.7. The number of likely N-dealkylation sites (N-methyl/N-ethyl adjacent to an activating group) is 1. The molecule has 0 spiro atoms. The molecular formula is C32H41FN6O4. The Morgan fingerprint density at radius 3 is 2.67 bits per heavy atom. The smallest absolute Gasteiger partial charge is 0.410 e. The molecule has 1 aromatic carbocycles. The molecule has 0 bridgehead atoms. The van der Waals surface area contributed by atoms with Gasteiger partial charge in [-0.1, -0.05) is 6.07 Å². The van der Waals surface area contributed by atoms with Crippen LogP contribution in [-0.2, 0) is 11.2 Å². The van der Waals surface area contributed by atoms with E-state index >= 15 is 4.39 Å². The van der Waals surface area contributed by atoms with Gasteiger partial charge in [0.2, 0.25) is 0 Å². The molecule has 11 heteroatoms. The third-order valence-corrected chi connectivity index (χ3v) is 8.28. The minimum absolute atomic E-state index is 0.164. The van der Waals surface area contributed by atoms with E-state index in [-0.39, 0.29) is 30.3 Å². The van der Waals surface area contributed by atoms with Crippen LogP contribution in [0, 0.1) is 17.1 Å². The Labute approximate surface area is 253 Å². The van der Waals surface area contributed by atoms with Crippen LogP contribution in [0.1, 0.15) is 63.3 Å². The summed E-state index contributed by atoms with van der Waals surface area (Å²) in [6, 6.07) is 7.24. The number of benzene rings is 1. The Hall–Kier alpha value is -3.91. The number of allylic oxidation sites excluding steroid dienone is 1. The molecule has 0 radical (unpaired) electrons. The largest absolute Gasteiger partial charge is 0.496 e. The quantitative estimate of drug-likeness (QED) is 0.443. The minimum Gasteiger partial charge on any atom is -0.496 e. The molecule has 230 valence electrons. The summed E-state index contributed by atoms with van der Waals surface area (Å²) in [6.45, 7) is 8.30. The van der Waals surface area contributed by atoms with Crippen molar-refractivity contribution in [2.75, 3.05) is 51.8 Å². The second-order valence-corrected chi connectivity index (χ2v) is 12.4. The van der Waals surface area contributed by atoms with Gasteiger partial charge in [-0.05, 0) is 83.8 Å². The van der Waals surface area contributed by atoms with E-state index in [0.29, 0.717) is 56.1 Å². The summed E-state index contributed by atoms with van der Waals surface area (Å²) in [5, 5.41) is 9.60. The number of fused-ring (bicyclic) bond motifs is 1. The Morgan fingerprint density at radius 2 is 1.98 bits per heavy atom. The van der Waals surface area contributed by atoms with Gasteiger partial charge < -0.3 is 28.9 Å². The van der Waals surface area contributed by atoms with E-state index in [0.717, 1.165) is 36.3 Å². The van der Waals surface area contributed by atoms with E-state index in [1.165, 1.54) is 13.2 Å². The van der Waals surface area contributed by atoms with Gasteiger partial charge in [0.1, 0.15) is 29.6 Å². The molecule has 2 aromatic rings. The van der Waals surface area contributed by atoms with E-state index in [4.69, 9.17) is 24.2 Å². The van der Waals surface area contributed by atoms with Crippen molar-refractivity contribution < 1.29 is 23.4 Å². The number of hydrogen-bond donors (Lipinski definition) is 0. The van der Waals surface area contributed by atoms with Gasteiger partial charge in [-0.3, -0.25) is 0 Å². The molecule has 2 saturated heterocycles. The maximum Gasteiger partial charge on any atom is 0.410 e. The van der Waals surface area contributed by atoms with Crippen molar-refractivity contribution in [2.24, 2.45) is 0 Å². The van der Waals surface area contributed by atoms with Crippen LogP contribution < -0.4 is 14.4 Å². The fraction of sp³-hybridized carbons (Fsp3) is 0.562. The fourth-order valence-electron chi connectivity index (χ4n) is 6.08. The van der Waals surface area contributed by atoms with Crippen LogP contribution in [0.3, 0.4) is 0 Å². The maximum atomic E-state index is 15.0. The lowest BCUT2D eigenvalue weighted by Crippen LogP contribution is -2.56. The second-order valence-electron chi connectivity index (χ2n) is 12.4. The van der Waals surface area contributed by atoms with Gasteiger partial charge in [-0.15, -0.1) is 0 Å². The summed E-state index contributed by atoms with van der Waals surface area (Å²) >= 11 is 0. The molecule has 2 fully saturated rings. The number of carbonyl (C=O) groups excluding carboxylic acids is 1. The minimum atomic E-state index is -0.637. The molecule has 5 rings (SSSR count). The first kappa shape index (κ1) is 30.5. The van der Waals surface area contributed by atoms with E-state index in [1.807, 2.05) is 26.8 Å². The number of carbonyl (C=O) groups is 1. The topological polar surface area (TPSA) is 104 Å². The van der Waals surface area contributed by atoms with E-state index in [2.05, 4.69) is 22.9 Å². The molecule has 2 atom stereocenters. The number of halogens is 1. The van der Waals surface area contributed by atoms with Crippen molar-refractivity contribution in [3.05, 3.63) is 40.8 Å². The number of rotatable bonds is 7. The Balaban J connectivity index is 1.49. The first-order valence-electron chi connectivity index (χ1n) is 15.0. The van der Waals surface area contributed by atoms with Crippen molar-refractivity contribution in [1.82, 2.24) is 19.8 Å². The number of ether oxygens (including phenoxy) is 3. The lowest BCUT2D eigenvalue weighted by atomic mass is 9.90. The zero-order valence-corrected chi connectivity index (χ0v) is 25.7.